The van der Waals surface area contributed by atoms with Crippen molar-refractivity contribution in [1.82, 2.24) is 14.5 Å². The van der Waals surface area contributed by atoms with E-state index in [0.717, 1.165) is 10.5 Å². The van der Waals surface area contributed by atoms with E-state index in [1.807, 2.05) is 18.2 Å². The molecule has 9 heteroatoms. The van der Waals surface area contributed by atoms with Crippen molar-refractivity contribution in [2.75, 3.05) is 45.8 Å². The van der Waals surface area contributed by atoms with Gasteiger partial charge in [-0.15, -0.1) is 0 Å². The van der Waals surface area contributed by atoms with E-state index in [9.17, 15) is 18.0 Å². The van der Waals surface area contributed by atoms with E-state index in [2.05, 4.69) is 5.32 Å². The largest absolute Gasteiger partial charge is 0.336 e. The van der Waals surface area contributed by atoms with Gasteiger partial charge in [0.1, 0.15) is 0 Å². The molecular formula is C16H23N4O4S+. The summed E-state index contributed by atoms with van der Waals surface area (Å²) in [5.74, 6) is -0.207. The Labute approximate surface area is 147 Å². The molecule has 0 aliphatic carbocycles. The summed E-state index contributed by atoms with van der Waals surface area (Å²) in [7, 11) is -3.35. The second kappa shape index (κ2) is 7.51. The summed E-state index contributed by atoms with van der Waals surface area (Å²) in [5.41, 5.74) is 0.771. The van der Waals surface area contributed by atoms with Crippen molar-refractivity contribution in [2.45, 2.75) is 5.75 Å². The SMILES string of the molecule is O=C(C[NH+]1CCN(S(=O)(=O)Cc2ccccc2)CC1)N1CCNC1=O. The predicted octanol–water partition coefficient (Wildman–Crippen LogP) is -1.73. The minimum Gasteiger partial charge on any atom is -0.336 e. The molecule has 2 heterocycles. The van der Waals surface area contributed by atoms with E-state index in [-0.39, 0.29) is 24.2 Å². The number of hydrogen-bond donors (Lipinski definition) is 2. The van der Waals surface area contributed by atoms with Gasteiger partial charge in [0.05, 0.1) is 31.9 Å². The molecule has 2 N–H and O–H groups in total. The van der Waals surface area contributed by atoms with Gasteiger partial charge in [0.2, 0.25) is 10.0 Å². The van der Waals surface area contributed by atoms with Crippen LogP contribution >= 0.6 is 0 Å². The predicted molar refractivity (Wildman–Crippen MR) is 91.3 cm³/mol. The van der Waals surface area contributed by atoms with Gasteiger partial charge < -0.3 is 10.2 Å². The number of quaternary nitrogens is 1. The fourth-order valence-electron chi connectivity index (χ4n) is 3.15. The molecule has 2 fully saturated rings. The Kier molecular flexibility index (Phi) is 5.36. The number of imide groups is 1. The van der Waals surface area contributed by atoms with Crippen molar-refractivity contribution in [2.24, 2.45) is 0 Å². The van der Waals surface area contributed by atoms with Gasteiger partial charge in [-0.2, -0.15) is 4.31 Å². The van der Waals surface area contributed by atoms with E-state index < -0.39 is 10.0 Å². The maximum Gasteiger partial charge on any atom is 0.324 e. The molecule has 0 atom stereocenters. The van der Waals surface area contributed by atoms with E-state index in [4.69, 9.17) is 0 Å². The van der Waals surface area contributed by atoms with Crippen LogP contribution in [0.2, 0.25) is 0 Å². The lowest BCUT2D eigenvalue weighted by molar-refractivity contribution is -0.895. The normalized spacial score (nSPS) is 19.8. The summed E-state index contributed by atoms with van der Waals surface area (Å²) in [6, 6.07) is 8.78. The number of carbonyl (C=O) groups is 2. The second-order valence-electron chi connectivity index (χ2n) is 6.34. The standard InChI is InChI=1S/C16H22N4O4S/c21-15(20-7-6-17-16(20)22)12-18-8-10-19(11-9-18)25(23,24)13-14-4-2-1-3-5-14/h1-5H,6-13H2,(H,17,22)/p+1. The molecule has 0 saturated carbocycles. The lowest BCUT2D eigenvalue weighted by Crippen LogP contribution is -3.15. The minimum absolute atomic E-state index is 0.00392. The molecule has 3 amide bonds. The molecule has 136 valence electrons. The van der Waals surface area contributed by atoms with E-state index in [0.29, 0.717) is 39.3 Å². The number of benzene rings is 1. The average Bonchev–Trinajstić information content (AvgIpc) is 3.02. The Bertz CT molecular complexity index is 730. The molecule has 2 aliphatic rings. The molecule has 2 aliphatic heterocycles. The van der Waals surface area contributed by atoms with Gasteiger partial charge in [-0.25, -0.2) is 13.2 Å². The van der Waals surface area contributed by atoms with Crippen LogP contribution in [0.3, 0.4) is 0 Å². The molecule has 0 aromatic heterocycles. The molecule has 2 saturated heterocycles. The number of hydrogen-bond acceptors (Lipinski definition) is 4. The molecule has 0 bridgehead atoms. The molecule has 3 rings (SSSR count). The first-order valence-electron chi connectivity index (χ1n) is 8.39. The monoisotopic (exact) mass is 367 g/mol. The highest BCUT2D eigenvalue weighted by Gasteiger charge is 2.33. The first-order chi connectivity index (χ1) is 12.0. The summed E-state index contributed by atoms with van der Waals surface area (Å²) >= 11 is 0. The number of amides is 3. The number of nitrogens with zero attached hydrogens (tertiary/aromatic N) is 2. The Morgan fingerprint density at radius 3 is 2.40 bits per heavy atom. The van der Waals surface area contributed by atoms with Crippen LogP contribution in [0.15, 0.2) is 30.3 Å². The zero-order valence-corrected chi connectivity index (χ0v) is 14.8. The smallest absolute Gasteiger partial charge is 0.324 e. The topological polar surface area (TPSA) is 91.2 Å². The van der Waals surface area contributed by atoms with Gasteiger partial charge in [-0.3, -0.25) is 9.69 Å². The molecular weight excluding hydrogens is 344 g/mol. The lowest BCUT2D eigenvalue weighted by atomic mass is 10.2. The van der Waals surface area contributed by atoms with Gasteiger partial charge in [0, 0.05) is 13.1 Å². The number of urea groups is 1. The summed E-state index contributed by atoms with van der Waals surface area (Å²) in [6.07, 6.45) is 0. The molecule has 1 aromatic carbocycles. The van der Waals surface area contributed by atoms with Crippen LogP contribution in [0.5, 0.6) is 0 Å². The average molecular weight is 367 g/mol. The van der Waals surface area contributed by atoms with Crippen molar-refractivity contribution >= 4 is 22.0 Å². The third-order valence-corrected chi connectivity index (χ3v) is 6.42. The van der Waals surface area contributed by atoms with Gasteiger partial charge >= 0.3 is 6.03 Å². The second-order valence-corrected chi connectivity index (χ2v) is 8.31. The highest BCUT2D eigenvalue weighted by Crippen LogP contribution is 2.10. The Hall–Kier alpha value is -1.97. The zero-order valence-electron chi connectivity index (χ0n) is 14.0. The maximum atomic E-state index is 12.5. The van der Waals surface area contributed by atoms with Gasteiger partial charge in [-0.05, 0) is 5.56 Å². The molecule has 25 heavy (non-hydrogen) atoms. The summed E-state index contributed by atoms with van der Waals surface area (Å²) < 4.78 is 26.5. The van der Waals surface area contributed by atoms with Crippen LogP contribution in [0.4, 0.5) is 4.79 Å². The van der Waals surface area contributed by atoms with Crippen molar-refractivity contribution in [3.05, 3.63) is 35.9 Å². The van der Waals surface area contributed by atoms with Crippen molar-refractivity contribution < 1.29 is 22.9 Å². The van der Waals surface area contributed by atoms with Crippen LogP contribution in [0.1, 0.15) is 5.56 Å². The van der Waals surface area contributed by atoms with Crippen molar-refractivity contribution in [1.29, 1.82) is 0 Å². The van der Waals surface area contributed by atoms with E-state index in [1.165, 1.54) is 9.21 Å². The molecule has 8 nitrogen and oxygen atoms in total. The van der Waals surface area contributed by atoms with Crippen molar-refractivity contribution in [3.8, 4) is 0 Å². The first kappa shape index (κ1) is 17.8. The highest BCUT2D eigenvalue weighted by atomic mass is 32.2. The van der Waals surface area contributed by atoms with Gasteiger partial charge in [-0.1, -0.05) is 30.3 Å². The van der Waals surface area contributed by atoms with Crippen LogP contribution in [-0.2, 0) is 20.6 Å². The Morgan fingerprint density at radius 2 is 1.80 bits per heavy atom. The van der Waals surface area contributed by atoms with Gasteiger partial charge in [0.25, 0.3) is 5.91 Å². The molecule has 0 spiro atoms. The molecule has 0 unspecified atom stereocenters. The Balaban J connectivity index is 1.51. The zero-order chi connectivity index (χ0) is 17.9. The number of nitrogens with one attached hydrogen (secondary N) is 2. The van der Waals surface area contributed by atoms with Crippen LogP contribution < -0.4 is 10.2 Å². The highest BCUT2D eigenvalue weighted by molar-refractivity contribution is 7.88. The van der Waals surface area contributed by atoms with E-state index >= 15 is 0 Å². The van der Waals surface area contributed by atoms with Crippen LogP contribution in [-0.4, -0.2) is 75.4 Å². The van der Waals surface area contributed by atoms with Crippen LogP contribution in [0, 0.1) is 0 Å². The first-order valence-corrected chi connectivity index (χ1v) is 10.00. The quantitative estimate of drug-likeness (QED) is 0.647. The molecule has 1 aromatic rings. The van der Waals surface area contributed by atoms with Gasteiger partial charge in [0.15, 0.2) is 6.54 Å². The minimum atomic E-state index is -3.35. The number of piperazine rings is 1. The number of sulfonamides is 1. The lowest BCUT2D eigenvalue weighted by Gasteiger charge is -2.31. The van der Waals surface area contributed by atoms with Crippen LogP contribution in [0.25, 0.3) is 0 Å². The summed E-state index contributed by atoms with van der Waals surface area (Å²) in [4.78, 5) is 25.9. The number of carbonyl (C=O) groups excluding carboxylic acids is 2. The molecule has 0 radical (unpaired) electrons. The summed E-state index contributed by atoms with van der Waals surface area (Å²) in [6.45, 7) is 3.03. The van der Waals surface area contributed by atoms with E-state index in [1.54, 1.807) is 12.1 Å². The Morgan fingerprint density at radius 1 is 1.12 bits per heavy atom. The number of rotatable bonds is 5. The summed E-state index contributed by atoms with van der Waals surface area (Å²) in [5, 5.41) is 2.61. The third-order valence-electron chi connectivity index (χ3n) is 4.57. The fraction of sp³-hybridized carbons (Fsp3) is 0.500. The maximum absolute atomic E-state index is 12.5. The fourth-order valence-corrected chi connectivity index (χ4v) is 4.69. The van der Waals surface area contributed by atoms with Crippen molar-refractivity contribution in [3.63, 3.8) is 0 Å². The third kappa shape index (κ3) is 4.36.